The lowest BCUT2D eigenvalue weighted by Gasteiger charge is -2.07. The van der Waals surface area contributed by atoms with Crippen LogP contribution in [-0.2, 0) is 36.2 Å². The van der Waals surface area contributed by atoms with Crippen molar-refractivity contribution in [3.05, 3.63) is 12.0 Å². The van der Waals surface area contributed by atoms with Crippen LogP contribution in [-0.4, -0.2) is 58.1 Å². The van der Waals surface area contributed by atoms with Crippen molar-refractivity contribution in [1.29, 1.82) is 0 Å². The Kier molecular flexibility index (Phi) is 8.20. The fourth-order valence-electron chi connectivity index (χ4n) is 1.65. The summed E-state index contributed by atoms with van der Waals surface area (Å²) in [6.07, 6.45) is 2.05. The Morgan fingerprint density at radius 2 is 1.81 bits per heavy atom. The molecule has 0 saturated carbocycles. The van der Waals surface area contributed by atoms with Crippen LogP contribution in [0.2, 0.25) is 0 Å². The first-order valence-corrected chi connectivity index (χ1v) is 8.95. The third-order valence-electron chi connectivity index (χ3n) is 2.68. The third kappa shape index (κ3) is 6.75. The number of halogens is 1. The van der Waals surface area contributed by atoms with E-state index >= 15 is 0 Å². The van der Waals surface area contributed by atoms with Crippen molar-refractivity contribution in [3.63, 3.8) is 0 Å². The molecule has 1 rings (SSSR count). The standard InChI is InChI=1S/C12H21ClN2O5S/c1-3-11-14-12(21(13,16)17)10-15(11)4-5-19-8-9-20-7-6-18-2/h10H,3-9H2,1-2H3. The number of methoxy groups -OCH3 is 1. The van der Waals surface area contributed by atoms with Crippen LogP contribution in [0.5, 0.6) is 0 Å². The molecule has 7 nitrogen and oxygen atoms in total. The molecule has 0 radical (unpaired) electrons. The van der Waals surface area contributed by atoms with Crippen LogP contribution in [0.25, 0.3) is 0 Å². The molecule has 0 unspecified atom stereocenters. The number of imidazole rings is 1. The second-order valence-corrected chi connectivity index (χ2v) is 6.71. The highest BCUT2D eigenvalue weighted by molar-refractivity contribution is 8.13. The maximum atomic E-state index is 11.2. The van der Waals surface area contributed by atoms with Gasteiger partial charge in [-0.25, -0.2) is 13.4 Å². The molecule has 21 heavy (non-hydrogen) atoms. The Hall–Kier alpha value is -0.670. The summed E-state index contributed by atoms with van der Waals surface area (Å²) in [7, 11) is 3.11. The van der Waals surface area contributed by atoms with Gasteiger partial charge in [0.15, 0.2) is 5.03 Å². The largest absolute Gasteiger partial charge is 0.382 e. The number of nitrogens with zero attached hydrogens (tertiary/aromatic N) is 2. The van der Waals surface area contributed by atoms with Crippen LogP contribution >= 0.6 is 10.7 Å². The van der Waals surface area contributed by atoms with Gasteiger partial charge in [0, 0.05) is 37.0 Å². The Morgan fingerprint density at radius 1 is 1.19 bits per heavy atom. The average Bonchev–Trinajstić information content (AvgIpc) is 2.85. The van der Waals surface area contributed by atoms with Crippen molar-refractivity contribution in [3.8, 4) is 0 Å². The smallest absolute Gasteiger partial charge is 0.280 e. The second-order valence-electron chi connectivity index (χ2n) is 4.20. The molecular formula is C12H21ClN2O5S. The lowest BCUT2D eigenvalue weighted by molar-refractivity contribution is 0.0229. The number of ether oxygens (including phenoxy) is 3. The van der Waals surface area contributed by atoms with Gasteiger partial charge >= 0.3 is 0 Å². The van der Waals surface area contributed by atoms with Crippen molar-refractivity contribution in [2.24, 2.45) is 0 Å². The topological polar surface area (TPSA) is 79.7 Å². The first kappa shape index (κ1) is 18.4. The van der Waals surface area contributed by atoms with E-state index in [0.717, 1.165) is 0 Å². The van der Waals surface area contributed by atoms with Crippen LogP contribution in [0.15, 0.2) is 11.2 Å². The monoisotopic (exact) mass is 340 g/mol. The van der Waals surface area contributed by atoms with Crippen LogP contribution in [0.4, 0.5) is 0 Å². The van der Waals surface area contributed by atoms with Gasteiger partial charge in [-0.05, 0) is 0 Å². The zero-order chi connectivity index (χ0) is 15.7. The minimum Gasteiger partial charge on any atom is -0.382 e. The summed E-state index contributed by atoms with van der Waals surface area (Å²) >= 11 is 0. The summed E-state index contributed by atoms with van der Waals surface area (Å²) in [6.45, 7) is 4.92. The Bertz CT molecular complexity index is 518. The van der Waals surface area contributed by atoms with E-state index in [4.69, 9.17) is 24.9 Å². The van der Waals surface area contributed by atoms with Crippen molar-refractivity contribution >= 4 is 19.7 Å². The molecule has 1 aromatic rings. The molecule has 1 heterocycles. The summed E-state index contributed by atoms with van der Waals surface area (Å²) in [6, 6.07) is 0. The molecule has 9 heteroatoms. The molecule has 0 amide bonds. The zero-order valence-electron chi connectivity index (χ0n) is 12.2. The van der Waals surface area contributed by atoms with Gasteiger partial charge in [-0.2, -0.15) is 0 Å². The lowest BCUT2D eigenvalue weighted by atomic mass is 10.4. The van der Waals surface area contributed by atoms with E-state index in [1.54, 1.807) is 11.7 Å². The van der Waals surface area contributed by atoms with Crippen molar-refractivity contribution in [2.45, 2.75) is 24.9 Å². The molecule has 1 aromatic heterocycles. The van der Waals surface area contributed by atoms with Crippen LogP contribution in [0.1, 0.15) is 12.7 Å². The van der Waals surface area contributed by atoms with Gasteiger partial charge in [-0.3, -0.25) is 0 Å². The highest BCUT2D eigenvalue weighted by Gasteiger charge is 2.16. The van der Waals surface area contributed by atoms with Crippen molar-refractivity contribution in [1.82, 2.24) is 9.55 Å². The molecule has 0 saturated heterocycles. The Morgan fingerprint density at radius 3 is 2.38 bits per heavy atom. The molecule has 0 aromatic carbocycles. The van der Waals surface area contributed by atoms with E-state index in [0.29, 0.717) is 51.8 Å². The summed E-state index contributed by atoms with van der Waals surface area (Å²) in [5.74, 6) is 0.661. The van der Waals surface area contributed by atoms with Gasteiger partial charge < -0.3 is 18.8 Å². The van der Waals surface area contributed by atoms with Gasteiger partial charge in [0.25, 0.3) is 9.05 Å². The molecule has 0 bridgehead atoms. The maximum absolute atomic E-state index is 11.2. The molecule has 0 atom stereocenters. The second kappa shape index (κ2) is 9.37. The average molecular weight is 341 g/mol. The summed E-state index contributed by atoms with van der Waals surface area (Å²) in [5.41, 5.74) is 0. The molecule has 122 valence electrons. The van der Waals surface area contributed by atoms with E-state index in [1.807, 2.05) is 6.92 Å². The van der Waals surface area contributed by atoms with E-state index < -0.39 is 9.05 Å². The molecule has 0 fully saturated rings. The minimum atomic E-state index is -3.80. The van der Waals surface area contributed by atoms with E-state index in [9.17, 15) is 8.42 Å². The molecule has 0 aliphatic carbocycles. The highest BCUT2D eigenvalue weighted by Crippen LogP contribution is 2.14. The van der Waals surface area contributed by atoms with Crippen molar-refractivity contribution in [2.75, 3.05) is 40.1 Å². The maximum Gasteiger partial charge on any atom is 0.280 e. The van der Waals surface area contributed by atoms with E-state index in [-0.39, 0.29) is 5.03 Å². The number of aromatic nitrogens is 2. The van der Waals surface area contributed by atoms with E-state index in [1.165, 1.54) is 6.20 Å². The molecule has 0 spiro atoms. The Balaban J connectivity index is 2.33. The predicted molar refractivity (Wildman–Crippen MR) is 78.2 cm³/mol. The third-order valence-corrected chi connectivity index (χ3v) is 3.85. The molecular weight excluding hydrogens is 320 g/mol. The number of aryl methyl sites for hydroxylation is 1. The summed E-state index contributed by atoms with van der Waals surface area (Å²) < 4.78 is 39.7. The first-order chi connectivity index (χ1) is 9.99. The van der Waals surface area contributed by atoms with Crippen LogP contribution in [0, 0.1) is 0 Å². The summed E-state index contributed by atoms with van der Waals surface area (Å²) in [5, 5.41) is -0.121. The van der Waals surface area contributed by atoms with Crippen LogP contribution < -0.4 is 0 Å². The number of hydrogen-bond acceptors (Lipinski definition) is 6. The predicted octanol–water partition coefficient (Wildman–Crippen LogP) is 1.05. The van der Waals surface area contributed by atoms with Crippen molar-refractivity contribution < 1.29 is 22.6 Å². The summed E-state index contributed by atoms with van der Waals surface area (Å²) in [4.78, 5) is 4.00. The van der Waals surface area contributed by atoms with E-state index in [2.05, 4.69) is 4.98 Å². The van der Waals surface area contributed by atoms with Crippen LogP contribution in [0.3, 0.4) is 0 Å². The minimum absolute atomic E-state index is 0.121. The quantitative estimate of drug-likeness (QED) is 0.442. The zero-order valence-corrected chi connectivity index (χ0v) is 13.8. The number of hydrogen-bond donors (Lipinski definition) is 0. The SMILES string of the molecule is CCc1nc(S(=O)(=O)Cl)cn1CCOCCOCCOC. The van der Waals surface area contributed by atoms with Gasteiger partial charge in [-0.15, -0.1) is 0 Å². The Labute approximate surface area is 129 Å². The van der Waals surface area contributed by atoms with Gasteiger partial charge in [0.1, 0.15) is 5.82 Å². The fraction of sp³-hybridized carbons (Fsp3) is 0.750. The first-order valence-electron chi connectivity index (χ1n) is 6.64. The fourth-order valence-corrected chi connectivity index (χ4v) is 2.34. The highest BCUT2D eigenvalue weighted by atomic mass is 35.7. The number of rotatable bonds is 11. The van der Waals surface area contributed by atoms with Gasteiger partial charge in [0.05, 0.1) is 33.0 Å². The van der Waals surface area contributed by atoms with Gasteiger partial charge in [0.2, 0.25) is 0 Å². The van der Waals surface area contributed by atoms with Gasteiger partial charge in [-0.1, -0.05) is 6.92 Å². The lowest BCUT2D eigenvalue weighted by Crippen LogP contribution is -2.12. The molecule has 0 N–H and O–H groups in total. The normalized spacial score (nSPS) is 12.0. The molecule has 0 aliphatic heterocycles. The molecule has 0 aliphatic rings.